The third-order valence-corrected chi connectivity index (χ3v) is 6.95. The topological polar surface area (TPSA) is 72.9 Å². The van der Waals surface area contributed by atoms with Crippen molar-refractivity contribution in [2.75, 3.05) is 32.0 Å². The summed E-state index contributed by atoms with van der Waals surface area (Å²) in [4.78, 5) is 18.4. The van der Waals surface area contributed by atoms with Crippen LogP contribution in [-0.2, 0) is 16.6 Å². The molecule has 0 bridgehead atoms. The first-order valence-corrected chi connectivity index (χ1v) is 11.4. The van der Waals surface area contributed by atoms with Gasteiger partial charge in [-0.05, 0) is 30.3 Å². The lowest BCUT2D eigenvalue weighted by Gasteiger charge is -2.28. The van der Waals surface area contributed by atoms with Gasteiger partial charge in [0.1, 0.15) is 17.6 Å². The summed E-state index contributed by atoms with van der Waals surface area (Å²) < 4.78 is 9.87. The minimum Gasteiger partial charge on any atom is -0.399 e. The molecule has 0 saturated carbocycles. The molecule has 0 aliphatic carbocycles. The van der Waals surface area contributed by atoms with Crippen LogP contribution in [0.25, 0.3) is 31.3 Å². The number of morpholine rings is 1. The highest BCUT2D eigenvalue weighted by molar-refractivity contribution is 7.26. The number of aldehydes is 1. The van der Waals surface area contributed by atoms with Crippen LogP contribution in [-0.4, -0.2) is 42.1 Å². The molecule has 1 saturated heterocycles. The van der Waals surface area contributed by atoms with E-state index in [0.29, 0.717) is 32.1 Å². The molecule has 32 heavy (non-hydrogen) atoms. The van der Waals surface area contributed by atoms with Gasteiger partial charge in [-0.2, -0.15) is 0 Å². The van der Waals surface area contributed by atoms with Crippen LogP contribution in [0.1, 0.15) is 0 Å². The molecule has 2 N–H and O–H groups in total. The number of fused-ring (bicyclic) bond motifs is 3. The smallest absolute Gasteiger partial charge is 0.146 e. The zero-order valence-electron chi connectivity index (χ0n) is 17.8. The molecule has 2 aromatic heterocycles. The lowest BCUT2D eigenvalue weighted by atomic mass is 10.0. The molecule has 0 spiro atoms. The lowest BCUT2D eigenvalue weighted by molar-refractivity contribution is -0.104. The van der Waals surface area contributed by atoms with Crippen molar-refractivity contribution >= 4 is 43.5 Å². The number of allylic oxidation sites excluding steroid dienone is 1. The Kier molecular flexibility index (Phi) is 5.51. The average Bonchev–Trinajstić information content (AvgIpc) is 3.18. The Morgan fingerprint density at radius 3 is 2.72 bits per heavy atom. The van der Waals surface area contributed by atoms with Gasteiger partial charge in [-0.3, -0.25) is 4.79 Å². The summed E-state index contributed by atoms with van der Waals surface area (Å²) in [5.41, 5.74) is 9.76. The number of rotatable bonds is 4. The van der Waals surface area contributed by atoms with Gasteiger partial charge in [0, 0.05) is 69.4 Å². The van der Waals surface area contributed by atoms with E-state index in [9.17, 15) is 4.79 Å². The summed E-state index contributed by atoms with van der Waals surface area (Å²) in [7, 11) is 1.98. The molecule has 0 atom stereocenters. The number of aryl methyl sites for hydroxylation is 1. The van der Waals surface area contributed by atoms with Crippen molar-refractivity contribution in [2.45, 2.75) is 0 Å². The summed E-state index contributed by atoms with van der Waals surface area (Å²) in [6.45, 7) is 2.68. The van der Waals surface area contributed by atoms with Gasteiger partial charge in [0.15, 0.2) is 0 Å². The van der Waals surface area contributed by atoms with Crippen molar-refractivity contribution in [3.8, 4) is 11.1 Å². The fraction of sp³-hybridized carbons (Fsp3) is 0.200. The molecule has 1 aliphatic rings. The molecule has 0 unspecified atom stereocenters. The van der Waals surface area contributed by atoms with E-state index in [1.54, 1.807) is 11.3 Å². The van der Waals surface area contributed by atoms with Gasteiger partial charge in [-0.1, -0.05) is 18.2 Å². The fourth-order valence-electron chi connectivity index (χ4n) is 4.16. The van der Waals surface area contributed by atoms with Crippen LogP contribution < -0.4 is 11.2 Å². The molecule has 7 heteroatoms. The third kappa shape index (κ3) is 3.70. The van der Waals surface area contributed by atoms with Gasteiger partial charge in [0.05, 0.1) is 13.2 Å². The highest BCUT2D eigenvalue weighted by Crippen LogP contribution is 2.39. The number of benzene rings is 2. The number of carbonyl (C=O) groups excluding carboxylic acids is 1. The van der Waals surface area contributed by atoms with Crippen LogP contribution in [0.15, 0.2) is 71.6 Å². The lowest BCUT2D eigenvalue weighted by Crippen LogP contribution is -2.36. The molecule has 4 aromatic rings. The van der Waals surface area contributed by atoms with E-state index in [-0.39, 0.29) is 0 Å². The Morgan fingerprint density at radius 1 is 1.09 bits per heavy atom. The van der Waals surface area contributed by atoms with Crippen molar-refractivity contribution in [3.05, 3.63) is 72.1 Å². The van der Waals surface area contributed by atoms with Gasteiger partial charge in [0.25, 0.3) is 0 Å². The number of carbonyl (C=O) groups is 1. The number of thiophene rings is 1. The summed E-state index contributed by atoms with van der Waals surface area (Å²) in [5.74, 6) is 0.655. The normalized spacial score (nSPS) is 15.6. The molecule has 5 rings (SSSR count). The molecule has 162 valence electrons. The molecular weight excluding hydrogens is 420 g/mol. The molecule has 1 aliphatic heterocycles. The van der Waals surface area contributed by atoms with Crippen LogP contribution in [0, 0.1) is 0 Å². The van der Waals surface area contributed by atoms with Crippen molar-refractivity contribution in [2.24, 2.45) is 12.0 Å². The molecule has 2 aromatic carbocycles. The van der Waals surface area contributed by atoms with E-state index in [1.807, 2.05) is 36.0 Å². The molecule has 1 fully saturated rings. The number of nitrogen functional groups attached to an aromatic ring is 1. The second-order valence-corrected chi connectivity index (χ2v) is 8.82. The standard InChI is InChI=1S/C25H24N4O2S/c1-28-10-3-6-20(25(28)27-23(9-13-30)29-11-14-31-15-12-29)18-4-2-5-19-21-16-17(26)7-8-22(21)32-24(18)19/h2-10,13,16H,11-12,14-15,26H2,1H3/b23-9+,27-25-. The van der Waals surface area contributed by atoms with Crippen LogP contribution in [0.5, 0.6) is 0 Å². The first-order valence-electron chi connectivity index (χ1n) is 10.6. The Balaban J connectivity index is 1.74. The Bertz CT molecular complexity index is 1410. The van der Waals surface area contributed by atoms with Crippen molar-refractivity contribution in [1.29, 1.82) is 0 Å². The van der Waals surface area contributed by atoms with Crippen LogP contribution in [0.3, 0.4) is 0 Å². The van der Waals surface area contributed by atoms with E-state index >= 15 is 0 Å². The quantitative estimate of drug-likeness (QED) is 0.294. The van der Waals surface area contributed by atoms with Gasteiger partial charge in [0.2, 0.25) is 0 Å². The van der Waals surface area contributed by atoms with E-state index in [0.717, 1.165) is 28.6 Å². The minimum absolute atomic E-state index is 0.629. The number of nitrogens with zero attached hydrogens (tertiary/aromatic N) is 3. The number of anilines is 1. The first-order chi connectivity index (χ1) is 15.7. The third-order valence-electron chi connectivity index (χ3n) is 5.73. The van der Waals surface area contributed by atoms with Gasteiger partial charge < -0.3 is 19.9 Å². The number of ether oxygens (including phenoxy) is 1. The monoisotopic (exact) mass is 444 g/mol. The Hall–Kier alpha value is -3.42. The van der Waals surface area contributed by atoms with Crippen LogP contribution in [0.2, 0.25) is 0 Å². The van der Waals surface area contributed by atoms with Gasteiger partial charge in [-0.15, -0.1) is 11.3 Å². The summed E-state index contributed by atoms with van der Waals surface area (Å²) in [6, 6.07) is 16.5. The number of hydrogen-bond acceptors (Lipinski definition) is 6. The average molecular weight is 445 g/mol. The van der Waals surface area contributed by atoms with E-state index < -0.39 is 0 Å². The van der Waals surface area contributed by atoms with Crippen LogP contribution in [0.4, 0.5) is 5.69 Å². The van der Waals surface area contributed by atoms with Crippen LogP contribution >= 0.6 is 11.3 Å². The Labute approximate surface area is 189 Å². The maximum Gasteiger partial charge on any atom is 0.146 e. The van der Waals surface area contributed by atoms with Crippen molar-refractivity contribution in [3.63, 3.8) is 0 Å². The van der Waals surface area contributed by atoms with E-state index in [4.69, 9.17) is 15.5 Å². The highest BCUT2D eigenvalue weighted by Gasteiger charge is 2.16. The van der Waals surface area contributed by atoms with Crippen molar-refractivity contribution in [1.82, 2.24) is 9.47 Å². The van der Waals surface area contributed by atoms with E-state index in [2.05, 4.69) is 35.2 Å². The molecule has 6 nitrogen and oxygen atoms in total. The number of hydrogen-bond donors (Lipinski definition) is 1. The maximum atomic E-state index is 11.4. The summed E-state index contributed by atoms with van der Waals surface area (Å²) in [6.07, 6.45) is 4.31. The maximum absolute atomic E-state index is 11.4. The second-order valence-electron chi connectivity index (χ2n) is 7.77. The number of nitrogens with two attached hydrogens (primary N) is 1. The zero-order chi connectivity index (χ0) is 22.1. The predicted octanol–water partition coefficient (Wildman–Crippen LogP) is 3.92. The summed E-state index contributed by atoms with van der Waals surface area (Å²) >= 11 is 1.76. The number of aromatic nitrogens is 1. The largest absolute Gasteiger partial charge is 0.399 e. The number of pyridine rings is 1. The van der Waals surface area contributed by atoms with E-state index in [1.165, 1.54) is 26.2 Å². The second kappa shape index (κ2) is 8.61. The molecule has 0 amide bonds. The predicted molar refractivity (Wildman–Crippen MR) is 130 cm³/mol. The molecule has 0 radical (unpaired) electrons. The SMILES string of the molecule is Cn1cccc(-c2cccc3c2sc2ccc(N)cc23)/c1=N/C(=C\C=O)N1CCOCC1. The van der Waals surface area contributed by atoms with Gasteiger partial charge in [-0.25, -0.2) is 4.99 Å². The fourth-order valence-corrected chi connectivity index (χ4v) is 5.37. The first kappa shape index (κ1) is 20.5. The van der Waals surface area contributed by atoms with Crippen molar-refractivity contribution < 1.29 is 9.53 Å². The summed E-state index contributed by atoms with van der Waals surface area (Å²) in [5, 5.41) is 2.35. The molecule has 3 heterocycles. The molecular formula is C25H24N4O2S. The Morgan fingerprint density at radius 2 is 1.91 bits per heavy atom. The zero-order valence-corrected chi connectivity index (χ0v) is 18.6. The highest BCUT2D eigenvalue weighted by atomic mass is 32.1. The minimum atomic E-state index is 0.629. The van der Waals surface area contributed by atoms with Gasteiger partial charge >= 0.3 is 0 Å².